The van der Waals surface area contributed by atoms with Gasteiger partial charge in [0.2, 0.25) is 11.8 Å². The van der Waals surface area contributed by atoms with E-state index < -0.39 is 5.82 Å². The van der Waals surface area contributed by atoms with E-state index in [1.165, 1.54) is 18.2 Å². The fourth-order valence-electron chi connectivity index (χ4n) is 3.46. The van der Waals surface area contributed by atoms with Crippen molar-refractivity contribution in [2.24, 2.45) is 11.8 Å². The number of halogens is 2. The lowest BCUT2D eigenvalue weighted by molar-refractivity contribution is -0.141. The van der Waals surface area contributed by atoms with E-state index in [1.807, 2.05) is 4.90 Å². The van der Waals surface area contributed by atoms with Crippen molar-refractivity contribution in [2.45, 2.75) is 25.7 Å². The molecule has 2 amide bonds. The first-order valence-electron chi connectivity index (χ1n) is 8.67. The Hall–Kier alpha value is -1.66. The van der Waals surface area contributed by atoms with Gasteiger partial charge < -0.3 is 15.0 Å². The van der Waals surface area contributed by atoms with Crippen molar-refractivity contribution >= 4 is 29.1 Å². The molecule has 25 heavy (non-hydrogen) atoms. The van der Waals surface area contributed by atoms with Crippen LogP contribution in [-0.4, -0.2) is 43.0 Å². The van der Waals surface area contributed by atoms with E-state index in [0.717, 1.165) is 12.8 Å². The largest absolute Gasteiger partial charge is 0.378 e. The zero-order valence-electron chi connectivity index (χ0n) is 14.0. The number of carbonyl (C=O) groups is 2. The van der Waals surface area contributed by atoms with Crippen LogP contribution in [0.4, 0.5) is 10.1 Å². The molecular weight excluding hydrogens is 347 g/mol. The van der Waals surface area contributed by atoms with E-state index in [9.17, 15) is 14.0 Å². The van der Waals surface area contributed by atoms with E-state index in [-0.39, 0.29) is 28.7 Å². The Labute approximate surface area is 151 Å². The first-order chi connectivity index (χ1) is 12.0. The molecule has 1 saturated heterocycles. The predicted molar refractivity (Wildman–Crippen MR) is 92.9 cm³/mol. The normalized spacial score (nSPS) is 24.0. The molecule has 0 radical (unpaired) electrons. The van der Waals surface area contributed by atoms with Crippen molar-refractivity contribution in [1.82, 2.24) is 4.90 Å². The van der Waals surface area contributed by atoms with Gasteiger partial charge in [0.1, 0.15) is 5.82 Å². The number of benzene rings is 1. The number of hydrogen-bond acceptors (Lipinski definition) is 3. The monoisotopic (exact) mass is 368 g/mol. The lowest BCUT2D eigenvalue weighted by Gasteiger charge is -2.33. The number of nitrogens with one attached hydrogen (secondary N) is 1. The molecule has 1 saturated carbocycles. The lowest BCUT2D eigenvalue weighted by atomic mass is 9.81. The molecule has 1 aromatic carbocycles. The fourth-order valence-corrected chi connectivity index (χ4v) is 3.64. The topological polar surface area (TPSA) is 58.6 Å². The highest BCUT2D eigenvalue weighted by atomic mass is 35.5. The molecule has 1 aromatic rings. The summed E-state index contributed by atoms with van der Waals surface area (Å²) in [4.78, 5) is 26.8. The minimum atomic E-state index is -0.512. The number of nitrogens with zero attached hydrogens (tertiary/aromatic N) is 1. The second-order valence-electron chi connectivity index (χ2n) is 6.60. The molecule has 1 aliphatic carbocycles. The Morgan fingerprint density at radius 2 is 1.76 bits per heavy atom. The number of rotatable bonds is 3. The SMILES string of the molecule is O=C(Nc1ccc(F)c(Cl)c1)C1CCC(C(=O)N2CCOCC2)CC1. The summed E-state index contributed by atoms with van der Waals surface area (Å²) in [6.07, 6.45) is 2.81. The van der Waals surface area contributed by atoms with Crippen LogP contribution in [0.25, 0.3) is 0 Å². The summed E-state index contributed by atoms with van der Waals surface area (Å²) >= 11 is 5.73. The molecule has 1 heterocycles. The van der Waals surface area contributed by atoms with Crippen LogP contribution >= 0.6 is 11.6 Å². The van der Waals surface area contributed by atoms with Gasteiger partial charge in [-0.2, -0.15) is 0 Å². The highest BCUT2D eigenvalue weighted by molar-refractivity contribution is 6.31. The van der Waals surface area contributed by atoms with Crippen LogP contribution in [0, 0.1) is 17.7 Å². The number of morpholine rings is 1. The number of amides is 2. The maximum Gasteiger partial charge on any atom is 0.227 e. The molecule has 136 valence electrons. The molecule has 0 aromatic heterocycles. The third kappa shape index (κ3) is 4.50. The van der Waals surface area contributed by atoms with Gasteiger partial charge in [0.25, 0.3) is 0 Å². The summed E-state index contributed by atoms with van der Waals surface area (Å²) in [5.74, 6) is -0.547. The Morgan fingerprint density at radius 3 is 2.40 bits per heavy atom. The smallest absolute Gasteiger partial charge is 0.227 e. The van der Waals surface area contributed by atoms with E-state index in [1.54, 1.807) is 0 Å². The van der Waals surface area contributed by atoms with Gasteiger partial charge in [0.15, 0.2) is 0 Å². The Bertz CT molecular complexity index is 641. The van der Waals surface area contributed by atoms with Crippen LogP contribution in [0.3, 0.4) is 0 Å². The number of carbonyl (C=O) groups excluding carboxylic acids is 2. The van der Waals surface area contributed by atoms with Gasteiger partial charge in [0.05, 0.1) is 18.2 Å². The van der Waals surface area contributed by atoms with Gasteiger partial charge in [-0.15, -0.1) is 0 Å². The summed E-state index contributed by atoms with van der Waals surface area (Å²) in [6, 6.07) is 4.13. The molecule has 2 fully saturated rings. The Morgan fingerprint density at radius 1 is 1.12 bits per heavy atom. The molecule has 1 aliphatic heterocycles. The first kappa shape index (κ1) is 18.1. The highest BCUT2D eigenvalue weighted by Crippen LogP contribution is 2.31. The molecule has 1 N–H and O–H groups in total. The van der Waals surface area contributed by atoms with Gasteiger partial charge >= 0.3 is 0 Å². The third-order valence-corrected chi connectivity index (χ3v) is 5.25. The maximum atomic E-state index is 13.2. The molecule has 5 nitrogen and oxygen atoms in total. The quantitative estimate of drug-likeness (QED) is 0.892. The second kappa shape index (κ2) is 8.15. The maximum absolute atomic E-state index is 13.2. The first-order valence-corrected chi connectivity index (χ1v) is 9.05. The summed E-state index contributed by atoms with van der Waals surface area (Å²) in [5.41, 5.74) is 0.489. The van der Waals surface area contributed by atoms with Crippen molar-refractivity contribution in [3.05, 3.63) is 29.0 Å². The minimum Gasteiger partial charge on any atom is -0.378 e. The zero-order chi connectivity index (χ0) is 17.8. The molecule has 0 spiro atoms. The van der Waals surface area contributed by atoms with Crippen LogP contribution in [0.5, 0.6) is 0 Å². The van der Waals surface area contributed by atoms with Crippen LogP contribution in [0.2, 0.25) is 5.02 Å². The summed E-state index contributed by atoms with van der Waals surface area (Å²) in [7, 11) is 0. The molecule has 2 aliphatic rings. The average Bonchev–Trinajstić information content (AvgIpc) is 2.65. The molecule has 3 rings (SSSR count). The van der Waals surface area contributed by atoms with Gasteiger partial charge in [-0.3, -0.25) is 9.59 Å². The Kier molecular flexibility index (Phi) is 5.91. The van der Waals surface area contributed by atoms with Crippen LogP contribution < -0.4 is 5.32 Å². The van der Waals surface area contributed by atoms with Gasteiger partial charge in [-0.25, -0.2) is 4.39 Å². The van der Waals surface area contributed by atoms with Crippen molar-refractivity contribution in [1.29, 1.82) is 0 Å². The number of ether oxygens (including phenoxy) is 1. The van der Waals surface area contributed by atoms with E-state index in [4.69, 9.17) is 16.3 Å². The van der Waals surface area contributed by atoms with Crippen molar-refractivity contribution in [3.8, 4) is 0 Å². The number of hydrogen-bond donors (Lipinski definition) is 1. The minimum absolute atomic E-state index is 0.00224. The number of anilines is 1. The van der Waals surface area contributed by atoms with Crippen LogP contribution in [-0.2, 0) is 14.3 Å². The molecule has 0 unspecified atom stereocenters. The van der Waals surface area contributed by atoms with Gasteiger partial charge in [0, 0.05) is 30.6 Å². The van der Waals surface area contributed by atoms with Gasteiger partial charge in [-0.05, 0) is 43.9 Å². The molecule has 0 atom stereocenters. The van der Waals surface area contributed by atoms with E-state index in [0.29, 0.717) is 44.8 Å². The van der Waals surface area contributed by atoms with Crippen molar-refractivity contribution in [3.63, 3.8) is 0 Å². The van der Waals surface area contributed by atoms with E-state index >= 15 is 0 Å². The van der Waals surface area contributed by atoms with Crippen molar-refractivity contribution in [2.75, 3.05) is 31.6 Å². The van der Waals surface area contributed by atoms with Crippen LogP contribution in [0.15, 0.2) is 18.2 Å². The fraction of sp³-hybridized carbons (Fsp3) is 0.556. The predicted octanol–water partition coefficient (Wildman–Crippen LogP) is 3.08. The molecular formula is C18H22ClFN2O3. The lowest BCUT2D eigenvalue weighted by Crippen LogP contribution is -2.44. The summed E-state index contributed by atoms with van der Waals surface area (Å²) in [5, 5.41) is 2.77. The van der Waals surface area contributed by atoms with Crippen LogP contribution in [0.1, 0.15) is 25.7 Å². The zero-order valence-corrected chi connectivity index (χ0v) is 14.7. The second-order valence-corrected chi connectivity index (χ2v) is 7.01. The molecule has 0 bridgehead atoms. The van der Waals surface area contributed by atoms with Gasteiger partial charge in [-0.1, -0.05) is 11.6 Å². The third-order valence-electron chi connectivity index (χ3n) is 4.96. The highest BCUT2D eigenvalue weighted by Gasteiger charge is 2.32. The average molecular weight is 369 g/mol. The Balaban J connectivity index is 1.50. The molecule has 7 heteroatoms. The summed E-state index contributed by atoms with van der Waals surface area (Å²) in [6.45, 7) is 2.52. The summed E-state index contributed by atoms with van der Waals surface area (Å²) < 4.78 is 18.5. The standard InChI is InChI=1S/C18H22ClFN2O3/c19-15-11-14(5-6-16(15)20)21-17(23)12-1-3-13(4-2-12)18(24)22-7-9-25-10-8-22/h5-6,11-13H,1-4,7-10H2,(H,21,23). The van der Waals surface area contributed by atoms with Crippen molar-refractivity contribution < 1.29 is 18.7 Å². The van der Waals surface area contributed by atoms with E-state index in [2.05, 4.69) is 5.32 Å².